The number of carbonyl (C=O) groups excluding carboxylic acids is 2. The highest BCUT2D eigenvalue weighted by Crippen LogP contribution is 2.47. The summed E-state index contributed by atoms with van der Waals surface area (Å²) < 4.78 is 16.6. The standard InChI is InChI=1S/C33H33NO6/c1-20-30(33(37)40-16-15-21-7-5-4-6-8-21)31(22-9-12-25(35)13-10-22)32-26(34-20)17-24(18-27(32)36)23-11-14-28(38-2)29(19-23)39-3/h4-14,19,24,30-31,35H,15-18H2,1-3H3/t24-,30?,31-/m1/s1. The normalized spacial score (nSPS) is 20.4. The summed E-state index contributed by atoms with van der Waals surface area (Å²) in [4.78, 5) is 32.2. The number of phenolic OH excluding ortho intramolecular Hbond substituents is 1. The summed E-state index contributed by atoms with van der Waals surface area (Å²) in [5.74, 6) is -0.468. The summed E-state index contributed by atoms with van der Waals surface area (Å²) in [6.07, 6.45) is 1.44. The molecule has 40 heavy (non-hydrogen) atoms. The third-order valence-corrected chi connectivity index (χ3v) is 7.75. The van der Waals surface area contributed by atoms with E-state index in [4.69, 9.17) is 19.2 Å². The van der Waals surface area contributed by atoms with Crippen molar-refractivity contribution in [3.8, 4) is 17.2 Å². The predicted octanol–water partition coefficient (Wildman–Crippen LogP) is 5.77. The van der Waals surface area contributed by atoms with Crippen molar-refractivity contribution in [3.63, 3.8) is 0 Å². The van der Waals surface area contributed by atoms with E-state index in [1.54, 1.807) is 38.5 Å². The van der Waals surface area contributed by atoms with Gasteiger partial charge in [-0.1, -0.05) is 48.5 Å². The van der Waals surface area contributed by atoms with Gasteiger partial charge < -0.3 is 19.3 Å². The first-order valence-electron chi connectivity index (χ1n) is 13.4. The molecule has 0 fully saturated rings. The molecule has 0 bridgehead atoms. The third-order valence-electron chi connectivity index (χ3n) is 7.75. The Kier molecular flexibility index (Phi) is 8.01. The van der Waals surface area contributed by atoms with Gasteiger partial charge in [0, 0.05) is 35.7 Å². The van der Waals surface area contributed by atoms with Gasteiger partial charge in [0.1, 0.15) is 11.7 Å². The van der Waals surface area contributed by atoms with Crippen LogP contribution < -0.4 is 9.47 Å². The second-order valence-corrected chi connectivity index (χ2v) is 10.2. The van der Waals surface area contributed by atoms with Crippen LogP contribution in [0, 0.1) is 5.92 Å². The molecule has 0 spiro atoms. The largest absolute Gasteiger partial charge is 0.508 e. The smallest absolute Gasteiger partial charge is 0.315 e. The van der Waals surface area contributed by atoms with E-state index in [0.717, 1.165) is 16.7 Å². The van der Waals surface area contributed by atoms with Gasteiger partial charge in [0.25, 0.3) is 0 Å². The van der Waals surface area contributed by atoms with Crippen LogP contribution in [0.25, 0.3) is 0 Å². The molecular weight excluding hydrogens is 506 g/mol. The fraction of sp³-hybridized carbons (Fsp3) is 0.303. The third kappa shape index (κ3) is 5.50. The molecule has 0 radical (unpaired) electrons. The maximum absolute atomic E-state index is 13.8. The number of rotatable bonds is 8. The monoisotopic (exact) mass is 539 g/mol. The van der Waals surface area contributed by atoms with Crippen LogP contribution in [0.1, 0.15) is 48.3 Å². The number of nitrogens with zero attached hydrogens (tertiary/aromatic N) is 1. The Hall–Kier alpha value is -4.39. The Balaban J connectivity index is 1.46. The summed E-state index contributed by atoms with van der Waals surface area (Å²) in [5, 5.41) is 9.92. The summed E-state index contributed by atoms with van der Waals surface area (Å²) in [6.45, 7) is 2.06. The van der Waals surface area contributed by atoms with Crippen LogP contribution >= 0.6 is 0 Å². The Bertz CT molecular complexity index is 1460. The van der Waals surface area contributed by atoms with Gasteiger partial charge in [-0.15, -0.1) is 0 Å². The van der Waals surface area contributed by atoms with Gasteiger partial charge in [-0.05, 0) is 60.2 Å². The first kappa shape index (κ1) is 27.2. The van der Waals surface area contributed by atoms with E-state index in [2.05, 4.69) is 0 Å². The van der Waals surface area contributed by atoms with Crippen molar-refractivity contribution in [1.29, 1.82) is 0 Å². The zero-order valence-corrected chi connectivity index (χ0v) is 22.9. The molecule has 1 heterocycles. The van der Waals surface area contributed by atoms with E-state index in [9.17, 15) is 14.7 Å². The van der Waals surface area contributed by atoms with Crippen LogP contribution in [0.5, 0.6) is 17.2 Å². The van der Waals surface area contributed by atoms with Crippen molar-refractivity contribution in [1.82, 2.24) is 0 Å². The average Bonchev–Trinajstić information content (AvgIpc) is 2.96. The first-order chi connectivity index (χ1) is 19.4. The molecular formula is C33H33NO6. The zero-order valence-electron chi connectivity index (χ0n) is 22.9. The van der Waals surface area contributed by atoms with Gasteiger partial charge in [0.15, 0.2) is 17.3 Å². The highest BCUT2D eigenvalue weighted by molar-refractivity contribution is 6.09. The molecule has 3 atom stereocenters. The molecule has 0 aromatic heterocycles. The van der Waals surface area contributed by atoms with Crippen LogP contribution in [-0.4, -0.2) is 43.4 Å². The number of benzene rings is 3. The molecule has 2 aliphatic rings. The number of phenols is 1. The number of esters is 1. The number of carbonyl (C=O) groups is 2. The minimum absolute atomic E-state index is 0.0440. The van der Waals surface area contributed by atoms with Gasteiger partial charge in [0.05, 0.1) is 20.8 Å². The van der Waals surface area contributed by atoms with Crippen molar-refractivity contribution in [2.45, 2.75) is 38.0 Å². The Morgan fingerprint density at radius 3 is 2.33 bits per heavy atom. The molecule has 1 unspecified atom stereocenters. The highest BCUT2D eigenvalue weighted by atomic mass is 16.5. The van der Waals surface area contributed by atoms with Crippen LogP contribution in [0.2, 0.25) is 0 Å². The van der Waals surface area contributed by atoms with E-state index < -0.39 is 17.8 Å². The number of ether oxygens (including phenoxy) is 3. The molecule has 1 aliphatic heterocycles. The van der Waals surface area contributed by atoms with Gasteiger partial charge in [-0.25, -0.2) is 0 Å². The van der Waals surface area contributed by atoms with E-state index in [1.807, 2.05) is 55.5 Å². The molecule has 206 valence electrons. The lowest BCUT2D eigenvalue weighted by molar-refractivity contribution is -0.146. The number of ketones is 1. The average molecular weight is 540 g/mol. The minimum atomic E-state index is -0.736. The summed E-state index contributed by atoms with van der Waals surface area (Å²) >= 11 is 0. The number of Topliss-reactive ketones (excluding diaryl/α,β-unsaturated/α-hetero) is 1. The number of hydrogen-bond acceptors (Lipinski definition) is 7. The lowest BCUT2D eigenvalue weighted by atomic mass is 9.69. The molecule has 0 saturated carbocycles. The van der Waals surface area contributed by atoms with Gasteiger partial charge in [-0.3, -0.25) is 14.6 Å². The Morgan fingerprint density at radius 1 is 0.925 bits per heavy atom. The van der Waals surface area contributed by atoms with Crippen molar-refractivity contribution >= 4 is 17.5 Å². The Labute approximate surface area is 234 Å². The maximum atomic E-state index is 13.8. The van der Waals surface area contributed by atoms with Crippen molar-refractivity contribution in [3.05, 3.63) is 101 Å². The molecule has 7 nitrogen and oxygen atoms in total. The van der Waals surface area contributed by atoms with Crippen molar-refractivity contribution < 1.29 is 28.9 Å². The molecule has 7 heteroatoms. The van der Waals surface area contributed by atoms with Crippen LogP contribution in [0.3, 0.4) is 0 Å². The number of aromatic hydroxyl groups is 1. The number of methoxy groups -OCH3 is 2. The number of allylic oxidation sites excluding steroid dienone is 2. The lowest BCUT2D eigenvalue weighted by Gasteiger charge is -2.36. The molecule has 3 aromatic carbocycles. The van der Waals surface area contributed by atoms with Crippen molar-refractivity contribution in [2.75, 3.05) is 20.8 Å². The lowest BCUT2D eigenvalue weighted by Crippen LogP contribution is -2.38. The van der Waals surface area contributed by atoms with Crippen LogP contribution in [0.15, 0.2) is 89.1 Å². The SMILES string of the molecule is COc1ccc([C@H]2CC(=O)C3=C(C2)N=C(C)C(C(=O)OCCc2ccccc2)[C@H]3c2ccc(O)cc2)cc1OC. The molecule has 0 saturated heterocycles. The Morgan fingerprint density at radius 2 is 1.62 bits per heavy atom. The molecule has 0 amide bonds. The molecule has 5 rings (SSSR count). The summed E-state index contributed by atoms with van der Waals surface area (Å²) in [6, 6.07) is 22.2. The number of hydrogen-bond donors (Lipinski definition) is 1. The predicted molar refractivity (Wildman–Crippen MR) is 152 cm³/mol. The zero-order chi connectivity index (χ0) is 28.2. The second-order valence-electron chi connectivity index (χ2n) is 10.2. The fourth-order valence-electron chi connectivity index (χ4n) is 5.75. The van der Waals surface area contributed by atoms with Crippen molar-refractivity contribution in [2.24, 2.45) is 10.9 Å². The number of aliphatic imine (C=N–C) groups is 1. The maximum Gasteiger partial charge on any atom is 0.315 e. The van der Waals surface area contributed by atoms with E-state index in [1.165, 1.54) is 0 Å². The summed E-state index contributed by atoms with van der Waals surface area (Å²) in [7, 11) is 3.18. The summed E-state index contributed by atoms with van der Waals surface area (Å²) in [5.41, 5.74) is 4.67. The molecule has 3 aromatic rings. The fourth-order valence-corrected chi connectivity index (χ4v) is 5.75. The first-order valence-corrected chi connectivity index (χ1v) is 13.4. The molecule has 1 N–H and O–H groups in total. The van der Waals surface area contributed by atoms with Crippen LogP contribution in [0.4, 0.5) is 0 Å². The van der Waals surface area contributed by atoms with Gasteiger partial charge in [0.2, 0.25) is 0 Å². The quantitative estimate of drug-likeness (QED) is 0.365. The highest BCUT2D eigenvalue weighted by Gasteiger charge is 2.44. The van der Waals surface area contributed by atoms with Crippen LogP contribution in [-0.2, 0) is 20.7 Å². The molecule has 1 aliphatic carbocycles. The van der Waals surface area contributed by atoms with Gasteiger partial charge in [-0.2, -0.15) is 0 Å². The van der Waals surface area contributed by atoms with Gasteiger partial charge >= 0.3 is 5.97 Å². The van der Waals surface area contributed by atoms with E-state index in [0.29, 0.717) is 41.3 Å². The minimum Gasteiger partial charge on any atom is -0.508 e. The topological polar surface area (TPSA) is 94.4 Å². The second kappa shape index (κ2) is 11.8. The van der Waals surface area contributed by atoms with E-state index in [-0.39, 0.29) is 30.5 Å². The van der Waals surface area contributed by atoms with E-state index >= 15 is 0 Å².